The molecule has 1 nitrogen and oxygen atoms in total. The summed E-state index contributed by atoms with van der Waals surface area (Å²) in [6.45, 7) is 0. The summed E-state index contributed by atoms with van der Waals surface area (Å²) in [4.78, 5) is 0. The lowest BCUT2D eigenvalue weighted by molar-refractivity contribution is 0.619. The first kappa shape index (κ1) is 22.0. The van der Waals surface area contributed by atoms with Crippen LogP contribution in [0.3, 0.4) is 0 Å². The first-order valence-electron chi connectivity index (χ1n) is 13.6. The lowest BCUT2D eigenvalue weighted by Crippen LogP contribution is -1.91. The predicted molar refractivity (Wildman–Crippen MR) is 172 cm³/mol. The minimum Gasteiger partial charge on any atom is -0.463 e. The van der Waals surface area contributed by atoms with Gasteiger partial charge in [-0.1, -0.05) is 115 Å². The van der Waals surface area contributed by atoms with Crippen molar-refractivity contribution < 1.29 is 4.42 Å². The topological polar surface area (TPSA) is 13.1 Å². The maximum atomic E-state index is 5.95. The number of rotatable bonds is 2. The zero-order valence-corrected chi connectivity index (χ0v) is 22.3. The van der Waals surface area contributed by atoms with Crippen LogP contribution >= 0.6 is 11.3 Å². The van der Waals surface area contributed by atoms with Crippen LogP contribution in [-0.4, -0.2) is 0 Å². The first-order valence-corrected chi connectivity index (χ1v) is 14.4. The van der Waals surface area contributed by atoms with E-state index < -0.39 is 0 Å². The van der Waals surface area contributed by atoms with E-state index in [9.17, 15) is 0 Å². The van der Waals surface area contributed by atoms with Crippen LogP contribution in [-0.2, 0) is 0 Å². The van der Waals surface area contributed by atoms with Gasteiger partial charge in [0.2, 0.25) is 0 Å². The van der Waals surface area contributed by atoms with Gasteiger partial charge in [-0.2, -0.15) is 0 Å². The average molecular weight is 527 g/mol. The van der Waals surface area contributed by atoms with E-state index in [1.54, 1.807) is 6.26 Å². The fourth-order valence-electron chi connectivity index (χ4n) is 6.55. The second kappa shape index (κ2) is 8.29. The van der Waals surface area contributed by atoms with Gasteiger partial charge >= 0.3 is 0 Å². The fraction of sp³-hybridized carbons (Fsp3) is 0. The van der Waals surface area contributed by atoms with Crippen LogP contribution in [0.15, 0.2) is 138 Å². The molecule has 0 saturated heterocycles. The van der Waals surface area contributed by atoms with E-state index in [4.69, 9.17) is 4.42 Å². The van der Waals surface area contributed by atoms with Gasteiger partial charge in [-0.15, -0.1) is 11.3 Å². The molecular weight excluding hydrogens is 504 g/mol. The average Bonchev–Trinajstić information content (AvgIpc) is 3.64. The van der Waals surface area contributed by atoms with E-state index in [1.807, 2.05) is 17.4 Å². The summed E-state index contributed by atoms with van der Waals surface area (Å²) < 4.78 is 8.47. The Morgan fingerprint density at radius 3 is 1.82 bits per heavy atom. The van der Waals surface area contributed by atoms with Crippen molar-refractivity contribution in [1.29, 1.82) is 0 Å². The minimum atomic E-state index is 0.978. The van der Waals surface area contributed by atoms with Gasteiger partial charge in [0.05, 0.1) is 11.0 Å². The normalized spacial score (nSPS) is 12.0. The van der Waals surface area contributed by atoms with Crippen molar-refractivity contribution in [1.82, 2.24) is 0 Å². The Balaban J connectivity index is 1.43. The van der Waals surface area contributed by atoms with E-state index in [0.717, 1.165) is 11.0 Å². The van der Waals surface area contributed by atoms with Gasteiger partial charge in [0.15, 0.2) is 5.58 Å². The highest BCUT2D eigenvalue weighted by Crippen LogP contribution is 2.48. The molecule has 0 aliphatic carbocycles. The third kappa shape index (κ3) is 3.03. The molecule has 0 saturated carbocycles. The lowest BCUT2D eigenvalue weighted by Gasteiger charge is -2.18. The van der Waals surface area contributed by atoms with Crippen molar-refractivity contribution >= 4 is 74.8 Å². The van der Waals surface area contributed by atoms with Crippen molar-refractivity contribution in [3.8, 4) is 22.3 Å². The molecule has 0 fully saturated rings. The van der Waals surface area contributed by atoms with Crippen molar-refractivity contribution in [2.45, 2.75) is 0 Å². The zero-order valence-electron chi connectivity index (χ0n) is 21.5. The minimum absolute atomic E-state index is 0.978. The molecular formula is C38H22OS. The van der Waals surface area contributed by atoms with Crippen molar-refractivity contribution in [3.63, 3.8) is 0 Å². The largest absolute Gasteiger partial charge is 0.463 e. The molecule has 0 radical (unpaired) electrons. The molecule has 0 unspecified atom stereocenters. The van der Waals surface area contributed by atoms with Gasteiger partial charge in [-0.05, 0) is 61.1 Å². The van der Waals surface area contributed by atoms with Gasteiger partial charge in [0.1, 0.15) is 0 Å². The quantitative estimate of drug-likeness (QED) is 0.204. The van der Waals surface area contributed by atoms with Crippen molar-refractivity contribution in [2.75, 3.05) is 0 Å². The molecule has 2 aromatic heterocycles. The molecule has 7 aromatic carbocycles. The monoisotopic (exact) mass is 526 g/mol. The summed E-state index contributed by atoms with van der Waals surface area (Å²) >= 11 is 1.84. The molecule has 2 heteroatoms. The van der Waals surface area contributed by atoms with E-state index in [-0.39, 0.29) is 0 Å². The Labute approximate surface area is 234 Å². The molecule has 0 bridgehead atoms. The zero-order chi connectivity index (χ0) is 26.2. The van der Waals surface area contributed by atoms with Crippen molar-refractivity contribution in [2.24, 2.45) is 0 Å². The third-order valence-corrected chi connectivity index (χ3v) is 9.58. The number of benzene rings is 7. The summed E-state index contributed by atoms with van der Waals surface area (Å²) in [5.41, 5.74) is 6.09. The molecule has 0 N–H and O–H groups in total. The van der Waals surface area contributed by atoms with E-state index in [0.29, 0.717) is 0 Å². The van der Waals surface area contributed by atoms with Crippen LogP contribution in [0.2, 0.25) is 0 Å². The number of furan rings is 1. The Kier molecular flexibility index (Phi) is 4.55. The third-order valence-electron chi connectivity index (χ3n) is 8.32. The van der Waals surface area contributed by atoms with Gasteiger partial charge in [-0.25, -0.2) is 0 Å². The highest BCUT2D eigenvalue weighted by Gasteiger charge is 2.20. The first-order chi connectivity index (χ1) is 19.8. The second-order valence-corrected chi connectivity index (χ2v) is 11.5. The van der Waals surface area contributed by atoms with E-state index in [2.05, 4.69) is 121 Å². The van der Waals surface area contributed by atoms with Crippen LogP contribution in [0.5, 0.6) is 0 Å². The summed E-state index contributed by atoms with van der Waals surface area (Å²) in [6.07, 6.45) is 1.79. The second-order valence-electron chi connectivity index (χ2n) is 10.5. The molecule has 9 rings (SSSR count). The lowest BCUT2D eigenvalue weighted by atomic mass is 9.85. The fourth-order valence-corrected chi connectivity index (χ4v) is 7.87. The van der Waals surface area contributed by atoms with Crippen LogP contribution in [0.4, 0.5) is 0 Å². The highest BCUT2D eigenvalue weighted by molar-refractivity contribution is 7.27. The summed E-state index contributed by atoms with van der Waals surface area (Å²) in [5.74, 6) is 0. The van der Waals surface area contributed by atoms with Gasteiger partial charge < -0.3 is 4.42 Å². The summed E-state index contributed by atoms with van der Waals surface area (Å²) in [5, 5.41) is 11.3. The van der Waals surface area contributed by atoms with Gasteiger partial charge in [0, 0.05) is 26.4 Å². The Bertz CT molecular complexity index is 2380. The molecule has 40 heavy (non-hydrogen) atoms. The van der Waals surface area contributed by atoms with Crippen molar-refractivity contribution in [3.05, 3.63) is 134 Å². The molecule has 2 heterocycles. The molecule has 0 atom stereocenters. The van der Waals surface area contributed by atoms with Gasteiger partial charge in [0.25, 0.3) is 0 Å². The summed E-state index contributed by atoms with van der Waals surface area (Å²) in [7, 11) is 0. The molecule has 186 valence electrons. The molecule has 0 aliphatic heterocycles. The summed E-state index contributed by atoms with van der Waals surface area (Å²) in [6, 6.07) is 46.5. The highest BCUT2D eigenvalue weighted by atomic mass is 32.1. The molecule has 0 amide bonds. The predicted octanol–water partition coefficient (Wildman–Crippen LogP) is 11.6. The van der Waals surface area contributed by atoms with E-state index >= 15 is 0 Å². The Morgan fingerprint density at radius 1 is 0.425 bits per heavy atom. The SMILES string of the molecule is c1ccc2cc(-c3c4ccccc4c(-c4cccc5c4sc4c5ccc5ccoc54)c4ccccc34)ccc2c1. The smallest absolute Gasteiger partial charge is 0.151 e. The number of hydrogen-bond donors (Lipinski definition) is 0. The molecule has 9 aromatic rings. The number of hydrogen-bond acceptors (Lipinski definition) is 2. The molecule has 0 spiro atoms. The maximum Gasteiger partial charge on any atom is 0.151 e. The van der Waals surface area contributed by atoms with Crippen LogP contribution in [0.1, 0.15) is 0 Å². The standard InChI is InChI=1S/C38H22OS/c1-2-9-25-22-26(17-16-23(25)8-1)34-27-10-3-5-12-29(27)35(30-13-6-4-11-28(30)34)33-15-7-14-31-32-19-18-24-20-21-39-36(24)38(32)40-37(31)33/h1-22H. The van der Waals surface area contributed by atoms with Crippen LogP contribution in [0.25, 0.3) is 85.7 Å². The van der Waals surface area contributed by atoms with Crippen LogP contribution < -0.4 is 0 Å². The van der Waals surface area contributed by atoms with E-state index in [1.165, 1.54) is 74.7 Å². The Morgan fingerprint density at radius 2 is 1.05 bits per heavy atom. The van der Waals surface area contributed by atoms with Gasteiger partial charge in [-0.3, -0.25) is 0 Å². The molecule has 0 aliphatic rings. The maximum absolute atomic E-state index is 5.95. The number of thiophene rings is 1. The van der Waals surface area contributed by atoms with Crippen LogP contribution in [0, 0.1) is 0 Å². The Hall–Kier alpha value is -4.92. The number of fused-ring (bicyclic) bond motifs is 8.